The van der Waals surface area contributed by atoms with Crippen LogP contribution in [0.4, 0.5) is 0 Å². The van der Waals surface area contributed by atoms with Crippen LogP contribution in [0, 0.1) is 0 Å². The Morgan fingerprint density at radius 3 is 1.70 bits per heavy atom. The Balaban J connectivity index is 0.995. The Bertz CT molecular complexity index is 3860. The van der Waals surface area contributed by atoms with Crippen LogP contribution >= 0.6 is 0 Å². The molecule has 0 bridgehead atoms. The van der Waals surface area contributed by atoms with Crippen LogP contribution in [0.25, 0.3) is 109 Å². The van der Waals surface area contributed by atoms with Gasteiger partial charge in [-0.3, -0.25) is 0 Å². The highest BCUT2D eigenvalue weighted by atomic mass is 15.0. The van der Waals surface area contributed by atoms with Gasteiger partial charge in [0.05, 0.1) is 11.0 Å². The zero-order valence-corrected chi connectivity index (χ0v) is 34.4. The summed E-state index contributed by atoms with van der Waals surface area (Å²) in [4.78, 5) is 0. The van der Waals surface area contributed by atoms with Gasteiger partial charge in [0.1, 0.15) is 0 Å². The second kappa shape index (κ2) is 14.2. The first kappa shape index (κ1) is 35.5. The van der Waals surface area contributed by atoms with E-state index in [2.05, 4.69) is 235 Å². The van der Waals surface area contributed by atoms with Gasteiger partial charge in [-0.1, -0.05) is 218 Å². The van der Waals surface area contributed by atoms with E-state index in [1.165, 1.54) is 97.9 Å². The van der Waals surface area contributed by atoms with Crippen LogP contribution in [-0.2, 0) is 0 Å². The van der Waals surface area contributed by atoms with Gasteiger partial charge >= 0.3 is 0 Å². The minimum Gasteiger partial charge on any atom is -0.674 e. The summed E-state index contributed by atoms with van der Waals surface area (Å²) in [5.41, 5.74) is 11.8. The van der Waals surface area contributed by atoms with Crippen LogP contribution in [0.15, 0.2) is 231 Å². The highest BCUT2D eigenvalue weighted by Gasteiger charge is 2.22. The highest BCUT2D eigenvalue weighted by molar-refractivity contribution is 6.38. The minimum absolute atomic E-state index is 0.167. The predicted octanol–water partition coefficient (Wildman–Crippen LogP) is 16.8. The number of hydrogen-bond donors (Lipinski definition) is 0. The van der Waals surface area contributed by atoms with E-state index in [4.69, 9.17) is 5.32 Å². The largest absolute Gasteiger partial charge is 0.674 e. The summed E-state index contributed by atoms with van der Waals surface area (Å²) in [6, 6.07) is 79.6. The van der Waals surface area contributed by atoms with Crippen molar-refractivity contribution < 1.29 is 0 Å². The van der Waals surface area contributed by atoms with E-state index in [-0.39, 0.29) is 6.04 Å². The van der Waals surface area contributed by atoms with E-state index in [0.717, 1.165) is 22.5 Å². The predicted molar refractivity (Wildman–Crippen MR) is 269 cm³/mol. The Morgan fingerprint density at radius 1 is 0.381 bits per heavy atom. The SMILES string of the molecule is C1=C(c2cccc3ccccc23)C=C(c2cccc3ccccc23)[N-]C1c1ccc(-c2cc3c4ccccc4c4c(c5ccccc5n4-c4ccccc4)c3c3ccccc23)cc1. The number of hydrogen-bond acceptors (Lipinski definition) is 0. The first-order valence-corrected chi connectivity index (χ1v) is 21.8. The molecule has 12 aromatic rings. The summed E-state index contributed by atoms with van der Waals surface area (Å²) in [6.07, 6.45) is 4.63. The third-order valence-corrected chi connectivity index (χ3v) is 13.3. The number of nitrogens with zero attached hydrogens (tertiary/aromatic N) is 2. The molecule has 1 aliphatic heterocycles. The topological polar surface area (TPSA) is 19.0 Å². The monoisotopic (exact) mass is 799 g/mol. The second-order valence-corrected chi connectivity index (χ2v) is 16.8. The van der Waals surface area contributed by atoms with Crippen LogP contribution in [0.1, 0.15) is 22.7 Å². The number of para-hydroxylation sites is 2. The van der Waals surface area contributed by atoms with Crippen molar-refractivity contribution in [3.05, 3.63) is 253 Å². The maximum atomic E-state index is 5.52. The van der Waals surface area contributed by atoms with Crippen molar-refractivity contribution in [3.8, 4) is 16.8 Å². The molecule has 0 aliphatic carbocycles. The summed E-state index contributed by atoms with van der Waals surface area (Å²) in [7, 11) is 0. The average molecular weight is 800 g/mol. The fourth-order valence-electron chi connectivity index (χ4n) is 10.5. The van der Waals surface area contributed by atoms with Crippen LogP contribution < -0.4 is 0 Å². The maximum Gasteiger partial charge on any atom is 0.0626 e. The molecule has 0 spiro atoms. The van der Waals surface area contributed by atoms with Crippen molar-refractivity contribution >= 4 is 86.9 Å². The van der Waals surface area contributed by atoms with E-state index >= 15 is 0 Å². The summed E-state index contributed by atoms with van der Waals surface area (Å²) in [5, 5.41) is 20.5. The summed E-state index contributed by atoms with van der Waals surface area (Å²) in [5.74, 6) is 0. The Labute approximate surface area is 365 Å². The molecule has 0 amide bonds. The molecule has 13 rings (SSSR count). The first-order chi connectivity index (χ1) is 31.3. The van der Waals surface area contributed by atoms with Crippen molar-refractivity contribution in [3.63, 3.8) is 0 Å². The third-order valence-electron chi connectivity index (χ3n) is 13.3. The highest BCUT2D eigenvalue weighted by Crippen LogP contribution is 2.48. The van der Waals surface area contributed by atoms with Crippen molar-refractivity contribution in [2.24, 2.45) is 0 Å². The molecule has 2 nitrogen and oxygen atoms in total. The molecule has 11 aromatic carbocycles. The van der Waals surface area contributed by atoms with Gasteiger partial charge in [-0.2, -0.15) is 0 Å². The Hall–Kier alpha value is -8.20. The second-order valence-electron chi connectivity index (χ2n) is 16.8. The smallest absolute Gasteiger partial charge is 0.0626 e. The van der Waals surface area contributed by atoms with Gasteiger partial charge in [-0.05, 0) is 95.2 Å². The van der Waals surface area contributed by atoms with Crippen LogP contribution in [0.2, 0.25) is 0 Å². The lowest BCUT2D eigenvalue weighted by Gasteiger charge is -2.39. The van der Waals surface area contributed by atoms with Crippen molar-refractivity contribution in [2.75, 3.05) is 0 Å². The molecule has 2 heterocycles. The molecule has 1 unspecified atom stereocenters. The van der Waals surface area contributed by atoms with E-state index in [9.17, 15) is 0 Å². The van der Waals surface area contributed by atoms with Crippen LogP contribution in [0.3, 0.4) is 0 Å². The molecule has 0 saturated carbocycles. The molecule has 1 aliphatic rings. The number of benzene rings is 11. The van der Waals surface area contributed by atoms with Gasteiger partial charge in [-0.25, -0.2) is 0 Å². The molecule has 0 radical (unpaired) electrons. The molecule has 0 N–H and O–H groups in total. The number of rotatable bonds is 5. The average Bonchev–Trinajstić information content (AvgIpc) is 3.71. The first-order valence-electron chi connectivity index (χ1n) is 21.8. The Morgan fingerprint density at radius 2 is 0.952 bits per heavy atom. The van der Waals surface area contributed by atoms with Gasteiger partial charge in [0.2, 0.25) is 0 Å². The van der Waals surface area contributed by atoms with E-state index < -0.39 is 0 Å². The van der Waals surface area contributed by atoms with Crippen molar-refractivity contribution in [1.82, 2.24) is 4.57 Å². The fraction of sp³-hybridized carbons (Fsp3) is 0.0164. The molecule has 2 heteroatoms. The lowest BCUT2D eigenvalue weighted by molar-refractivity contribution is 1.04. The molecular formula is C61H39N2-. The standard InChI is InChI=1S/C61H39N2/c1-2-20-44(21-3-1)63-58-31-13-12-28-53(58)60-59-51-26-10-8-24-48(51)54(38-55(59)49-25-9-11-27-52(49)61(60)63)41-32-34-42(35-33-41)56-36-43(47-29-14-18-39-16-4-6-22-45(39)47)37-57(62-56)50-30-15-19-40-17-5-7-23-46(40)50/h1-38,56H/q-1. The normalized spacial score (nSPS) is 14.2. The van der Waals surface area contributed by atoms with Crippen molar-refractivity contribution in [1.29, 1.82) is 0 Å². The van der Waals surface area contributed by atoms with Gasteiger partial charge in [0, 0.05) is 27.2 Å². The zero-order chi connectivity index (χ0) is 41.4. The maximum absolute atomic E-state index is 5.52. The van der Waals surface area contributed by atoms with E-state index in [1.807, 2.05) is 0 Å². The molecule has 1 atom stereocenters. The minimum atomic E-state index is -0.167. The van der Waals surface area contributed by atoms with Gasteiger partial charge in [0.25, 0.3) is 0 Å². The Kier molecular flexibility index (Phi) is 8.01. The lowest BCUT2D eigenvalue weighted by Crippen LogP contribution is -2.03. The van der Waals surface area contributed by atoms with Gasteiger partial charge < -0.3 is 9.88 Å². The van der Waals surface area contributed by atoms with Gasteiger partial charge in [0.15, 0.2) is 0 Å². The lowest BCUT2D eigenvalue weighted by atomic mass is 9.87. The molecular weight excluding hydrogens is 761 g/mol. The van der Waals surface area contributed by atoms with Gasteiger partial charge in [-0.15, -0.1) is 5.70 Å². The molecule has 0 saturated heterocycles. The number of fused-ring (bicyclic) bond motifs is 12. The summed E-state index contributed by atoms with van der Waals surface area (Å²) in [6.45, 7) is 0. The third kappa shape index (κ3) is 5.58. The molecule has 294 valence electrons. The molecule has 0 fully saturated rings. The summed E-state index contributed by atoms with van der Waals surface area (Å²) >= 11 is 0. The fourth-order valence-corrected chi connectivity index (χ4v) is 10.5. The molecule has 1 aromatic heterocycles. The quantitative estimate of drug-likeness (QED) is 0.155. The number of allylic oxidation sites excluding steroid dienone is 2. The van der Waals surface area contributed by atoms with E-state index in [1.54, 1.807) is 0 Å². The number of aromatic nitrogens is 1. The van der Waals surface area contributed by atoms with Crippen molar-refractivity contribution in [2.45, 2.75) is 6.04 Å². The van der Waals surface area contributed by atoms with Crippen LogP contribution in [0.5, 0.6) is 0 Å². The van der Waals surface area contributed by atoms with Crippen LogP contribution in [-0.4, -0.2) is 4.57 Å². The summed E-state index contributed by atoms with van der Waals surface area (Å²) < 4.78 is 2.46. The zero-order valence-electron chi connectivity index (χ0n) is 34.4. The van der Waals surface area contributed by atoms with E-state index in [0.29, 0.717) is 0 Å². The molecule has 63 heavy (non-hydrogen) atoms.